The van der Waals surface area contributed by atoms with Crippen LogP contribution in [0.5, 0.6) is 0 Å². The molecule has 106 valence electrons. The van der Waals surface area contributed by atoms with Crippen LogP contribution in [0, 0.1) is 11.3 Å². The second kappa shape index (κ2) is 6.92. The number of rotatable bonds is 4. The smallest absolute Gasteiger partial charge is 0.234 e. The number of carbonyl (C=O) groups is 1. The summed E-state index contributed by atoms with van der Waals surface area (Å²) in [6.45, 7) is 0. The van der Waals surface area contributed by atoms with Crippen LogP contribution in [-0.2, 0) is 4.79 Å². The molecule has 1 aromatic carbocycles. The molecule has 8 heteroatoms. The third kappa shape index (κ3) is 4.34. The molecule has 0 unspecified atom stereocenters. The number of amides is 1. The van der Waals surface area contributed by atoms with Gasteiger partial charge in [0.1, 0.15) is 17.5 Å². The lowest BCUT2D eigenvalue weighted by Gasteiger charge is -2.05. The van der Waals surface area contributed by atoms with Gasteiger partial charge in [-0.1, -0.05) is 23.4 Å². The molecule has 1 aromatic heterocycles. The Hall–Kier alpha value is -2.30. The Bertz CT molecular complexity index is 699. The summed E-state index contributed by atoms with van der Waals surface area (Å²) >= 11 is 6.90. The van der Waals surface area contributed by atoms with Crippen LogP contribution in [-0.4, -0.2) is 21.6 Å². The highest BCUT2D eigenvalue weighted by atomic mass is 35.5. The van der Waals surface area contributed by atoms with Crippen LogP contribution in [0.25, 0.3) is 0 Å². The Kier molecular flexibility index (Phi) is 4.98. The van der Waals surface area contributed by atoms with Crippen LogP contribution in [0.2, 0.25) is 5.02 Å². The first kappa shape index (κ1) is 15.1. The SMILES string of the molecule is N#Cc1cnc(SCC(=O)Nc2ccc(Cl)cc2)nc1N. The molecule has 0 radical (unpaired) electrons. The molecule has 0 aliphatic carbocycles. The zero-order valence-corrected chi connectivity index (χ0v) is 12.3. The highest BCUT2D eigenvalue weighted by Gasteiger charge is 2.08. The molecular formula is C13H10ClN5OS. The van der Waals surface area contributed by atoms with Crippen molar-refractivity contribution in [3.8, 4) is 6.07 Å². The lowest BCUT2D eigenvalue weighted by Crippen LogP contribution is -2.14. The molecule has 0 saturated heterocycles. The first-order valence-corrected chi connectivity index (χ1v) is 7.15. The minimum Gasteiger partial charge on any atom is -0.382 e. The Morgan fingerprint density at radius 1 is 1.43 bits per heavy atom. The Labute approximate surface area is 130 Å². The number of hydrogen-bond acceptors (Lipinski definition) is 6. The maximum Gasteiger partial charge on any atom is 0.234 e. The van der Waals surface area contributed by atoms with E-state index in [2.05, 4.69) is 15.3 Å². The quantitative estimate of drug-likeness (QED) is 0.662. The summed E-state index contributed by atoms with van der Waals surface area (Å²) in [5.74, 6) is 0.0375. The first-order valence-electron chi connectivity index (χ1n) is 5.79. The van der Waals surface area contributed by atoms with E-state index in [1.165, 1.54) is 6.20 Å². The minimum atomic E-state index is -0.200. The zero-order chi connectivity index (χ0) is 15.2. The van der Waals surface area contributed by atoms with Crippen LogP contribution >= 0.6 is 23.4 Å². The van der Waals surface area contributed by atoms with E-state index in [4.69, 9.17) is 22.6 Å². The summed E-state index contributed by atoms with van der Waals surface area (Å²) in [6.07, 6.45) is 1.34. The van der Waals surface area contributed by atoms with Gasteiger partial charge in [0.05, 0.1) is 11.9 Å². The number of nitrogens with one attached hydrogen (secondary N) is 1. The molecule has 0 saturated carbocycles. The van der Waals surface area contributed by atoms with Gasteiger partial charge < -0.3 is 11.1 Å². The summed E-state index contributed by atoms with van der Waals surface area (Å²) in [7, 11) is 0. The van der Waals surface area contributed by atoms with Gasteiger partial charge in [0.2, 0.25) is 5.91 Å². The second-order valence-electron chi connectivity index (χ2n) is 3.91. The maximum absolute atomic E-state index is 11.8. The molecular weight excluding hydrogens is 310 g/mol. The predicted molar refractivity (Wildman–Crippen MR) is 82.0 cm³/mol. The van der Waals surface area contributed by atoms with E-state index in [1.54, 1.807) is 24.3 Å². The van der Waals surface area contributed by atoms with Crippen molar-refractivity contribution < 1.29 is 4.79 Å². The van der Waals surface area contributed by atoms with Crippen LogP contribution in [0.1, 0.15) is 5.56 Å². The average molecular weight is 320 g/mol. The lowest BCUT2D eigenvalue weighted by molar-refractivity contribution is -0.113. The Morgan fingerprint density at radius 2 is 2.14 bits per heavy atom. The molecule has 3 N–H and O–H groups in total. The molecule has 2 rings (SSSR count). The molecule has 0 atom stereocenters. The lowest BCUT2D eigenvalue weighted by atomic mass is 10.3. The van der Waals surface area contributed by atoms with Crippen molar-refractivity contribution in [1.82, 2.24) is 9.97 Å². The molecule has 0 aliphatic heterocycles. The number of hydrogen-bond donors (Lipinski definition) is 2. The van der Waals surface area contributed by atoms with E-state index in [1.807, 2.05) is 6.07 Å². The van der Waals surface area contributed by atoms with Gasteiger partial charge >= 0.3 is 0 Å². The van der Waals surface area contributed by atoms with Crippen LogP contribution in [0.3, 0.4) is 0 Å². The average Bonchev–Trinajstić information content (AvgIpc) is 2.48. The topological polar surface area (TPSA) is 105 Å². The van der Waals surface area contributed by atoms with Crippen LogP contribution < -0.4 is 11.1 Å². The highest BCUT2D eigenvalue weighted by Crippen LogP contribution is 2.17. The number of halogens is 1. The van der Waals surface area contributed by atoms with E-state index < -0.39 is 0 Å². The summed E-state index contributed by atoms with van der Waals surface area (Å²) < 4.78 is 0. The molecule has 0 spiro atoms. The summed E-state index contributed by atoms with van der Waals surface area (Å²) in [5.41, 5.74) is 6.45. The number of nitrogens with zero attached hydrogens (tertiary/aromatic N) is 3. The zero-order valence-electron chi connectivity index (χ0n) is 10.7. The summed E-state index contributed by atoms with van der Waals surface area (Å²) in [5, 5.41) is 12.4. The number of nitrogen functional groups attached to an aromatic ring is 1. The van der Waals surface area contributed by atoms with E-state index in [-0.39, 0.29) is 23.0 Å². The third-order valence-electron chi connectivity index (χ3n) is 2.38. The van der Waals surface area contributed by atoms with E-state index >= 15 is 0 Å². The van der Waals surface area contributed by atoms with Crippen molar-refractivity contribution in [2.75, 3.05) is 16.8 Å². The standard InChI is InChI=1S/C13H10ClN5OS/c14-9-1-3-10(4-2-9)18-11(20)7-21-13-17-6-8(5-15)12(16)19-13/h1-4,6H,7H2,(H,18,20)(H2,16,17,19). The monoisotopic (exact) mass is 319 g/mol. The maximum atomic E-state index is 11.8. The molecule has 0 bridgehead atoms. The van der Waals surface area contributed by atoms with Gasteiger partial charge in [-0.15, -0.1) is 0 Å². The molecule has 21 heavy (non-hydrogen) atoms. The Balaban J connectivity index is 1.91. The van der Waals surface area contributed by atoms with E-state index in [0.717, 1.165) is 11.8 Å². The van der Waals surface area contributed by atoms with Crippen LogP contribution in [0.4, 0.5) is 11.5 Å². The normalized spacial score (nSPS) is 9.90. The minimum absolute atomic E-state index is 0.105. The molecule has 0 aliphatic rings. The summed E-state index contributed by atoms with van der Waals surface area (Å²) in [6, 6.07) is 8.67. The molecule has 1 amide bonds. The van der Waals surface area contributed by atoms with Gasteiger partial charge in [0.15, 0.2) is 5.16 Å². The number of benzene rings is 1. The second-order valence-corrected chi connectivity index (χ2v) is 5.29. The van der Waals surface area contributed by atoms with E-state index in [0.29, 0.717) is 15.9 Å². The van der Waals surface area contributed by atoms with Crippen molar-refractivity contribution in [2.45, 2.75) is 5.16 Å². The van der Waals surface area contributed by atoms with Gasteiger partial charge in [-0.25, -0.2) is 9.97 Å². The molecule has 0 fully saturated rings. The van der Waals surface area contributed by atoms with Gasteiger partial charge in [-0.3, -0.25) is 4.79 Å². The number of carbonyl (C=O) groups excluding carboxylic acids is 1. The third-order valence-corrected chi connectivity index (χ3v) is 3.49. The fourth-order valence-corrected chi connectivity index (χ4v) is 2.14. The number of anilines is 2. The first-order chi connectivity index (χ1) is 10.1. The predicted octanol–water partition coefficient (Wildman–Crippen LogP) is 2.31. The molecule has 6 nitrogen and oxygen atoms in total. The number of aromatic nitrogens is 2. The van der Waals surface area contributed by atoms with Crippen molar-refractivity contribution in [3.63, 3.8) is 0 Å². The number of nitrogens with two attached hydrogens (primary N) is 1. The van der Waals surface area contributed by atoms with Crippen molar-refractivity contribution in [1.29, 1.82) is 5.26 Å². The number of thioether (sulfide) groups is 1. The van der Waals surface area contributed by atoms with Gasteiger partial charge in [-0.05, 0) is 24.3 Å². The largest absolute Gasteiger partial charge is 0.382 e. The van der Waals surface area contributed by atoms with Gasteiger partial charge in [0, 0.05) is 10.7 Å². The fourth-order valence-electron chi connectivity index (χ4n) is 1.39. The van der Waals surface area contributed by atoms with Crippen molar-refractivity contribution in [3.05, 3.63) is 41.0 Å². The van der Waals surface area contributed by atoms with Crippen molar-refractivity contribution in [2.24, 2.45) is 0 Å². The van der Waals surface area contributed by atoms with Crippen LogP contribution in [0.15, 0.2) is 35.6 Å². The van der Waals surface area contributed by atoms with E-state index in [9.17, 15) is 4.79 Å². The van der Waals surface area contributed by atoms with Gasteiger partial charge in [-0.2, -0.15) is 5.26 Å². The van der Waals surface area contributed by atoms with Crippen molar-refractivity contribution >= 4 is 40.8 Å². The highest BCUT2D eigenvalue weighted by molar-refractivity contribution is 7.99. The summed E-state index contributed by atoms with van der Waals surface area (Å²) in [4.78, 5) is 19.7. The number of nitriles is 1. The Morgan fingerprint density at radius 3 is 2.76 bits per heavy atom. The molecule has 1 heterocycles. The fraction of sp³-hybridized carbons (Fsp3) is 0.0769. The molecule has 2 aromatic rings. The van der Waals surface area contributed by atoms with Gasteiger partial charge in [0.25, 0.3) is 0 Å².